The van der Waals surface area contributed by atoms with Gasteiger partial charge < -0.3 is 11.1 Å². The van der Waals surface area contributed by atoms with Crippen LogP contribution >= 0.6 is 9.24 Å². The summed E-state index contributed by atoms with van der Waals surface area (Å²) in [5, 5.41) is 3.14. The Morgan fingerprint density at radius 2 is 2.14 bits per heavy atom. The molecule has 3 heteroatoms. The Bertz CT molecular complexity index is 28.9. The molecule has 2 nitrogen and oxygen atoms in total. The zero-order valence-corrected chi connectivity index (χ0v) is 5.64. The number of rotatable bonds is 4. The zero-order valence-electron chi connectivity index (χ0n) is 4.48. The number of hydrogen-bond acceptors (Lipinski definition) is 2. The zero-order chi connectivity index (χ0) is 5.54. The van der Waals surface area contributed by atoms with Crippen LogP contribution < -0.4 is 11.1 Å². The molecule has 0 amide bonds. The average molecular weight is 120 g/mol. The van der Waals surface area contributed by atoms with Gasteiger partial charge >= 0.3 is 0 Å². The number of hydrogen-bond donors (Lipinski definition) is 2. The van der Waals surface area contributed by atoms with Gasteiger partial charge in [-0.3, -0.25) is 0 Å². The van der Waals surface area contributed by atoms with Gasteiger partial charge in [0, 0.05) is 13.1 Å². The monoisotopic (exact) mass is 120 g/mol. The molecular weight excluding hydrogens is 107 g/mol. The van der Waals surface area contributed by atoms with Gasteiger partial charge in [-0.2, -0.15) is 0 Å². The predicted molar refractivity (Wildman–Crippen MR) is 36.5 cm³/mol. The van der Waals surface area contributed by atoms with Gasteiger partial charge in [0.05, 0.1) is 0 Å². The third kappa shape index (κ3) is 6.35. The molecule has 0 fully saturated rings. The Morgan fingerprint density at radius 1 is 1.43 bits per heavy atom. The molecule has 0 heterocycles. The normalized spacial score (nSPS) is 9.43. The lowest BCUT2D eigenvalue weighted by atomic mass is 10.6. The molecule has 44 valence electrons. The van der Waals surface area contributed by atoms with Crippen molar-refractivity contribution in [3.63, 3.8) is 0 Å². The summed E-state index contributed by atoms with van der Waals surface area (Å²) in [6.45, 7) is 2.74. The maximum absolute atomic E-state index is 5.20. The standard InChI is InChI=1S/C4H13N2P/c5-1-2-6-3-4-7/h6H,1-5,7H2. The third-order valence-corrected chi connectivity index (χ3v) is 0.931. The van der Waals surface area contributed by atoms with Gasteiger partial charge in [-0.25, -0.2) is 0 Å². The van der Waals surface area contributed by atoms with Gasteiger partial charge in [-0.15, -0.1) is 9.24 Å². The molecule has 1 atom stereocenters. The van der Waals surface area contributed by atoms with Crippen molar-refractivity contribution in [2.45, 2.75) is 0 Å². The Balaban J connectivity index is 2.45. The molecular formula is C4H13N2P. The number of nitrogens with two attached hydrogens (primary N) is 1. The SMILES string of the molecule is NCCNCCP. The van der Waals surface area contributed by atoms with E-state index in [-0.39, 0.29) is 0 Å². The van der Waals surface area contributed by atoms with E-state index < -0.39 is 0 Å². The van der Waals surface area contributed by atoms with E-state index in [1.165, 1.54) is 0 Å². The molecule has 0 aliphatic carbocycles. The molecule has 0 aromatic carbocycles. The highest BCUT2D eigenvalue weighted by molar-refractivity contribution is 7.16. The van der Waals surface area contributed by atoms with Crippen LogP contribution in [0.5, 0.6) is 0 Å². The van der Waals surface area contributed by atoms with Crippen LogP contribution in [0.25, 0.3) is 0 Å². The molecule has 0 spiro atoms. The first-order valence-electron chi connectivity index (χ1n) is 2.52. The largest absolute Gasteiger partial charge is 0.329 e. The second-order valence-corrected chi connectivity index (χ2v) is 1.90. The van der Waals surface area contributed by atoms with Crippen molar-refractivity contribution in [3.05, 3.63) is 0 Å². The number of nitrogens with one attached hydrogen (secondary N) is 1. The molecule has 0 aliphatic rings. The van der Waals surface area contributed by atoms with Crippen LogP contribution in [0.2, 0.25) is 0 Å². The first kappa shape index (κ1) is 7.35. The van der Waals surface area contributed by atoms with Crippen molar-refractivity contribution in [2.24, 2.45) is 5.73 Å². The maximum Gasteiger partial charge on any atom is 0.00746 e. The molecule has 0 aromatic heterocycles. The van der Waals surface area contributed by atoms with Gasteiger partial charge in [0.2, 0.25) is 0 Å². The van der Waals surface area contributed by atoms with Crippen molar-refractivity contribution in [3.8, 4) is 0 Å². The Kier molecular flexibility index (Phi) is 6.67. The lowest BCUT2D eigenvalue weighted by molar-refractivity contribution is 0.730. The van der Waals surface area contributed by atoms with Crippen molar-refractivity contribution in [2.75, 3.05) is 25.8 Å². The Morgan fingerprint density at radius 3 is 2.57 bits per heavy atom. The van der Waals surface area contributed by atoms with Crippen LogP contribution in [0.4, 0.5) is 0 Å². The van der Waals surface area contributed by atoms with Crippen LogP contribution in [-0.4, -0.2) is 25.8 Å². The molecule has 7 heavy (non-hydrogen) atoms. The molecule has 0 rings (SSSR count). The summed E-state index contributed by atoms with van der Waals surface area (Å²) in [6, 6.07) is 0. The van der Waals surface area contributed by atoms with Gasteiger partial charge in [0.1, 0.15) is 0 Å². The second kappa shape index (κ2) is 6.35. The molecule has 3 N–H and O–H groups in total. The second-order valence-electron chi connectivity index (χ2n) is 1.33. The highest BCUT2D eigenvalue weighted by Gasteiger charge is 1.76. The minimum atomic E-state index is 0.741. The molecule has 0 aromatic rings. The maximum atomic E-state index is 5.20. The lowest BCUT2D eigenvalue weighted by Gasteiger charge is -1.95. The first-order chi connectivity index (χ1) is 3.41. The molecule has 0 saturated carbocycles. The summed E-state index contributed by atoms with van der Waals surface area (Å²) >= 11 is 0. The summed E-state index contributed by atoms with van der Waals surface area (Å²) in [5.41, 5.74) is 5.20. The Hall–Kier alpha value is 0.350. The average Bonchev–Trinajstić information content (AvgIpc) is 1.69. The van der Waals surface area contributed by atoms with Crippen molar-refractivity contribution < 1.29 is 0 Å². The van der Waals surface area contributed by atoms with E-state index >= 15 is 0 Å². The van der Waals surface area contributed by atoms with E-state index in [4.69, 9.17) is 5.73 Å². The predicted octanol–water partition coefficient (Wildman–Crippen LogP) is -0.590. The summed E-state index contributed by atoms with van der Waals surface area (Å²) in [6.07, 6.45) is 1.11. The molecule has 0 radical (unpaired) electrons. The molecule has 1 unspecified atom stereocenters. The fourth-order valence-electron chi connectivity index (χ4n) is 0.329. The van der Waals surface area contributed by atoms with E-state index in [1.807, 2.05) is 0 Å². The minimum Gasteiger partial charge on any atom is -0.329 e. The van der Waals surface area contributed by atoms with E-state index in [0.29, 0.717) is 0 Å². The van der Waals surface area contributed by atoms with Crippen molar-refractivity contribution >= 4 is 9.24 Å². The van der Waals surface area contributed by atoms with Gasteiger partial charge in [-0.1, -0.05) is 0 Å². The Labute approximate surface area is 47.1 Å². The van der Waals surface area contributed by atoms with Crippen molar-refractivity contribution in [1.82, 2.24) is 5.32 Å². The highest BCUT2D eigenvalue weighted by atomic mass is 31.0. The molecule has 0 saturated heterocycles. The van der Waals surface area contributed by atoms with Crippen LogP contribution in [0, 0.1) is 0 Å². The first-order valence-corrected chi connectivity index (χ1v) is 3.34. The van der Waals surface area contributed by atoms with Crippen LogP contribution in [0.15, 0.2) is 0 Å². The summed E-state index contributed by atoms with van der Waals surface area (Å²) in [7, 11) is 2.65. The van der Waals surface area contributed by atoms with Gasteiger partial charge in [0.25, 0.3) is 0 Å². The van der Waals surface area contributed by atoms with E-state index in [9.17, 15) is 0 Å². The van der Waals surface area contributed by atoms with Crippen LogP contribution in [0.3, 0.4) is 0 Å². The lowest BCUT2D eigenvalue weighted by Crippen LogP contribution is -2.23. The highest BCUT2D eigenvalue weighted by Crippen LogP contribution is 1.72. The molecule has 0 aliphatic heterocycles. The van der Waals surface area contributed by atoms with E-state index in [0.717, 1.165) is 25.8 Å². The van der Waals surface area contributed by atoms with Gasteiger partial charge in [0.15, 0.2) is 0 Å². The fourth-order valence-corrected chi connectivity index (χ4v) is 0.533. The summed E-state index contributed by atoms with van der Waals surface area (Å²) in [5.74, 6) is 0. The summed E-state index contributed by atoms with van der Waals surface area (Å²) < 4.78 is 0. The van der Waals surface area contributed by atoms with E-state index in [1.54, 1.807) is 0 Å². The van der Waals surface area contributed by atoms with E-state index in [2.05, 4.69) is 14.6 Å². The summed E-state index contributed by atoms with van der Waals surface area (Å²) in [4.78, 5) is 0. The minimum absolute atomic E-state index is 0.741. The van der Waals surface area contributed by atoms with Crippen LogP contribution in [-0.2, 0) is 0 Å². The third-order valence-electron chi connectivity index (χ3n) is 0.642. The van der Waals surface area contributed by atoms with Crippen molar-refractivity contribution in [1.29, 1.82) is 0 Å². The van der Waals surface area contributed by atoms with Crippen LogP contribution in [0.1, 0.15) is 0 Å². The quantitative estimate of drug-likeness (QED) is 0.384. The molecule has 0 bridgehead atoms. The van der Waals surface area contributed by atoms with Gasteiger partial charge in [-0.05, 0) is 12.7 Å². The fraction of sp³-hybridized carbons (Fsp3) is 1.00. The smallest absolute Gasteiger partial charge is 0.00746 e. The topological polar surface area (TPSA) is 38.0 Å².